The minimum atomic E-state index is -1.60. The van der Waals surface area contributed by atoms with Crippen molar-refractivity contribution in [1.29, 1.82) is 0 Å². The second kappa shape index (κ2) is 16.1. The monoisotopic (exact) mass is 746 g/mol. The number of hydrogen-bond donors (Lipinski definition) is 7. The van der Waals surface area contributed by atoms with Gasteiger partial charge >= 0.3 is 23.9 Å². The van der Waals surface area contributed by atoms with E-state index >= 15 is 0 Å². The van der Waals surface area contributed by atoms with E-state index in [4.69, 9.17) is 23.7 Å². The van der Waals surface area contributed by atoms with Crippen LogP contribution in [0.25, 0.3) is 6.08 Å². The molecule has 0 aliphatic carbocycles. The molecular weight excluding hydrogens is 712 g/mol. The summed E-state index contributed by atoms with van der Waals surface area (Å²) in [5.74, 6) is -9.00. The van der Waals surface area contributed by atoms with Crippen LogP contribution in [-0.2, 0) is 51.0 Å². The van der Waals surface area contributed by atoms with Crippen LogP contribution >= 0.6 is 0 Å². The molecule has 0 saturated heterocycles. The molecule has 282 valence electrons. The number of carbonyl (C=O) groups is 4. The zero-order valence-electron chi connectivity index (χ0n) is 28.5. The van der Waals surface area contributed by atoms with Gasteiger partial charge < -0.3 is 59.4 Å². The third-order valence-electron chi connectivity index (χ3n) is 8.42. The Balaban J connectivity index is 1.49. The summed E-state index contributed by atoms with van der Waals surface area (Å²) in [7, 11) is 2.14. The van der Waals surface area contributed by atoms with Gasteiger partial charge in [0.2, 0.25) is 12.2 Å². The lowest BCUT2D eigenvalue weighted by Gasteiger charge is -2.22. The Morgan fingerprint density at radius 1 is 0.648 bits per heavy atom. The van der Waals surface area contributed by atoms with Gasteiger partial charge in [0.1, 0.15) is 12.0 Å². The molecule has 16 heteroatoms. The highest BCUT2D eigenvalue weighted by atomic mass is 16.6. The molecule has 1 aliphatic heterocycles. The molecule has 1 heterocycles. The normalized spacial score (nSPS) is 15.7. The summed E-state index contributed by atoms with van der Waals surface area (Å²) in [5, 5.41) is 70.2. The topological polar surface area (TPSA) is 256 Å². The average Bonchev–Trinajstić information content (AvgIpc) is 3.56. The van der Waals surface area contributed by atoms with Crippen LogP contribution < -0.4 is 4.74 Å². The Hall–Kier alpha value is -7.10. The first-order valence-electron chi connectivity index (χ1n) is 16.0. The number of fused-ring (bicyclic) bond motifs is 1. The maximum absolute atomic E-state index is 14.2. The Morgan fingerprint density at radius 3 is 1.67 bits per heavy atom. The zero-order chi connectivity index (χ0) is 39.3. The first kappa shape index (κ1) is 38.1. The summed E-state index contributed by atoms with van der Waals surface area (Å²) in [4.78, 5) is 52.5. The van der Waals surface area contributed by atoms with E-state index in [1.165, 1.54) is 54.6 Å². The van der Waals surface area contributed by atoms with Gasteiger partial charge in [-0.2, -0.15) is 0 Å². The summed E-state index contributed by atoms with van der Waals surface area (Å²) in [6.45, 7) is 0. The number of methoxy groups -OCH3 is 2. The smallest absolute Gasteiger partial charge is 0.347 e. The SMILES string of the molecule is COC(=O)[C@@H](Cc1ccc(O)c(O)c1)OC(=O)/C=C\c1ccc(O)c2c1[C@@H](C(=O)O[C@H](Cc1ccc(O)c(O)c1)C(=O)OC)[C@H](c1ccc(O)c(O)c1)O2. The molecule has 0 spiro atoms. The van der Waals surface area contributed by atoms with Crippen LogP contribution in [0.5, 0.6) is 46.0 Å². The molecule has 5 rings (SSSR count). The molecule has 54 heavy (non-hydrogen) atoms. The molecule has 0 amide bonds. The summed E-state index contributed by atoms with van der Waals surface area (Å²) in [6.07, 6.45) is -2.82. The Labute approximate surface area is 306 Å². The van der Waals surface area contributed by atoms with Gasteiger partial charge in [-0.1, -0.05) is 24.3 Å². The highest BCUT2D eigenvalue weighted by molar-refractivity contribution is 5.92. The molecule has 7 N–H and O–H groups in total. The van der Waals surface area contributed by atoms with Gasteiger partial charge in [0.05, 0.1) is 14.2 Å². The summed E-state index contributed by atoms with van der Waals surface area (Å²) in [5.41, 5.74) is 0.839. The molecule has 1 aliphatic rings. The summed E-state index contributed by atoms with van der Waals surface area (Å²) >= 11 is 0. The average molecular weight is 747 g/mol. The Kier molecular flexibility index (Phi) is 11.3. The van der Waals surface area contributed by atoms with Gasteiger partial charge in [-0.25, -0.2) is 14.4 Å². The Bertz CT molecular complexity index is 2120. The lowest BCUT2D eigenvalue weighted by molar-refractivity contribution is -0.167. The first-order valence-corrected chi connectivity index (χ1v) is 16.0. The number of esters is 4. The van der Waals surface area contributed by atoms with Crippen molar-refractivity contribution >= 4 is 30.0 Å². The van der Waals surface area contributed by atoms with Crippen molar-refractivity contribution in [3.8, 4) is 46.0 Å². The van der Waals surface area contributed by atoms with E-state index in [1.807, 2.05) is 0 Å². The van der Waals surface area contributed by atoms with Crippen LogP contribution in [0.4, 0.5) is 0 Å². The van der Waals surface area contributed by atoms with Crippen molar-refractivity contribution in [3.63, 3.8) is 0 Å². The van der Waals surface area contributed by atoms with E-state index in [9.17, 15) is 54.9 Å². The van der Waals surface area contributed by atoms with Crippen molar-refractivity contribution in [2.45, 2.75) is 37.1 Å². The van der Waals surface area contributed by atoms with Gasteiger partial charge in [-0.15, -0.1) is 0 Å². The van der Waals surface area contributed by atoms with Crippen molar-refractivity contribution in [3.05, 3.63) is 101 Å². The van der Waals surface area contributed by atoms with Crippen molar-refractivity contribution in [2.24, 2.45) is 0 Å². The molecule has 4 aromatic rings. The predicted molar refractivity (Wildman–Crippen MR) is 184 cm³/mol. The second-order valence-corrected chi connectivity index (χ2v) is 12.0. The zero-order valence-corrected chi connectivity index (χ0v) is 28.5. The van der Waals surface area contributed by atoms with Crippen LogP contribution in [0.3, 0.4) is 0 Å². The van der Waals surface area contributed by atoms with Crippen LogP contribution in [0.2, 0.25) is 0 Å². The molecule has 0 bridgehead atoms. The van der Waals surface area contributed by atoms with Crippen LogP contribution in [-0.4, -0.2) is 86.1 Å². The van der Waals surface area contributed by atoms with E-state index in [2.05, 4.69) is 0 Å². The number of aromatic hydroxyl groups is 7. The fraction of sp³-hybridized carbons (Fsp3) is 0.211. The van der Waals surface area contributed by atoms with Gasteiger partial charge in [0.15, 0.2) is 46.0 Å². The van der Waals surface area contributed by atoms with E-state index < -0.39 is 88.4 Å². The minimum absolute atomic E-state index is 0.0170. The lowest BCUT2D eigenvalue weighted by atomic mass is 9.87. The lowest BCUT2D eigenvalue weighted by Crippen LogP contribution is -2.33. The highest BCUT2D eigenvalue weighted by Gasteiger charge is 2.46. The standard InChI is InChI=1S/C38H34O16/c1-50-36(47)29(15-18-3-8-22(39)26(43)13-18)52-31(46)12-7-20-5-11-25(42)35-32(20)33(34(54-35)21-6-10-24(41)28(45)17-21)38(49)53-30(37(48)51-2)16-19-4-9-23(40)27(44)14-19/h3-14,17,29-30,33-34,39-45H,15-16H2,1-2H3/b12-7-/t29-,30-,33-,34+/m1/s1. The highest BCUT2D eigenvalue weighted by Crippen LogP contribution is 2.53. The first-order chi connectivity index (χ1) is 25.7. The quantitative estimate of drug-likeness (QED) is 0.0474. The predicted octanol–water partition coefficient (Wildman–Crippen LogP) is 3.51. The van der Waals surface area contributed by atoms with Gasteiger partial charge in [-0.05, 0) is 70.8 Å². The van der Waals surface area contributed by atoms with Gasteiger partial charge in [0, 0.05) is 24.5 Å². The number of hydrogen-bond acceptors (Lipinski definition) is 16. The fourth-order valence-electron chi connectivity index (χ4n) is 5.74. The molecule has 4 atom stereocenters. The van der Waals surface area contributed by atoms with Crippen molar-refractivity contribution in [2.75, 3.05) is 14.2 Å². The van der Waals surface area contributed by atoms with Gasteiger partial charge in [-0.3, -0.25) is 4.79 Å². The Morgan fingerprint density at radius 2 is 1.15 bits per heavy atom. The molecule has 0 fully saturated rings. The molecule has 0 radical (unpaired) electrons. The van der Waals surface area contributed by atoms with Crippen LogP contribution in [0, 0.1) is 0 Å². The third kappa shape index (κ3) is 8.33. The van der Waals surface area contributed by atoms with Crippen LogP contribution in [0.1, 0.15) is 39.8 Å². The number of rotatable bonds is 12. The van der Waals surface area contributed by atoms with E-state index in [0.717, 1.165) is 38.5 Å². The summed E-state index contributed by atoms with van der Waals surface area (Å²) in [6, 6.07) is 13.6. The second-order valence-electron chi connectivity index (χ2n) is 12.0. The number of benzene rings is 4. The molecular formula is C38H34O16. The number of phenols is 7. The maximum Gasteiger partial charge on any atom is 0.347 e. The van der Waals surface area contributed by atoms with Crippen molar-refractivity contribution in [1.82, 2.24) is 0 Å². The fourth-order valence-corrected chi connectivity index (χ4v) is 5.74. The third-order valence-corrected chi connectivity index (χ3v) is 8.42. The minimum Gasteiger partial charge on any atom is -0.504 e. The molecule has 0 unspecified atom stereocenters. The van der Waals surface area contributed by atoms with E-state index in [-0.39, 0.29) is 40.8 Å². The van der Waals surface area contributed by atoms with Crippen LogP contribution in [0.15, 0.2) is 72.8 Å². The number of carbonyl (C=O) groups excluding carboxylic acids is 4. The summed E-state index contributed by atoms with van der Waals surface area (Å²) < 4.78 is 26.7. The number of ether oxygens (including phenoxy) is 5. The van der Waals surface area contributed by atoms with Crippen molar-refractivity contribution < 1.29 is 78.6 Å². The number of phenolic OH excluding ortho intramolecular Hbond substituents is 7. The molecule has 0 saturated carbocycles. The molecule has 16 nitrogen and oxygen atoms in total. The van der Waals surface area contributed by atoms with Gasteiger partial charge in [0.25, 0.3) is 0 Å². The molecule has 4 aromatic carbocycles. The van der Waals surface area contributed by atoms with E-state index in [0.29, 0.717) is 5.56 Å². The largest absolute Gasteiger partial charge is 0.504 e. The van der Waals surface area contributed by atoms with E-state index in [1.54, 1.807) is 0 Å². The maximum atomic E-state index is 14.2. The molecule has 0 aromatic heterocycles.